The van der Waals surface area contributed by atoms with Crippen molar-refractivity contribution in [3.05, 3.63) is 29.8 Å². The number of amides is 2. The standard InChI is InChI=1S/C15H23N3O3S.ClH/c1-21-12-5-3-11(4-6-12)14(19)17-8-9-18-15(20)13(16)7-10-22-2;/h3-6,13H,7-10,16H2,1-2H3,(H,17,19)(H,18,20);1H/t13-;/m0./s1. The van der Waals surface area contributed by atoms with Crippen LogP contribution in [-0.2, 0) is 4.79 Å². The number of carbonyl (C=O) groups excluding carboxylic acids is 2. The summed E-state index contributed by atoms with van der Waals surface area (Å²) < 4.78 is 5.03. The summed E-state index contributed by atoms with van der Waals surface area (Å²) >= 11 is 1.65. The molecule has 0 bridgehead atoms. The number of thioether (sulfide) groups is 1. The molecule has 1 aromatic carbocycles. The Labute approximate surface area is 147 Å². The number of hydrogen-bond donors (Lipinski definition) is 3. The molecule has 2 amide bonds. The monoisotopic (exact) mass is 361 g/mol. The van der Waals surface area contributed by atoms with Crippen LogP contribution in [-0.4, -0.2) is 50.1 Å². The van der Waals surface area contributed by atoms with Crippen LogP contribution in [0, 0.1) is 0 Å². The maximum atomic E-state index is 11.9. The van der Waals surface area contributed by atoms with Gasteiger partial charge in [0.1, 0.15) is 5.75 Å². The Kier molecular flexibility index (Phi) is 11.3. The largest absolute Gasteiger partial charge is 0.497 e. The first-order valence-corrected chi connectivity index (χ1v) is 8.42. The molecule has 0 aliphatic heterocycles. The maximum Gasteiger partial charge on any atom is 0.251 e. The molecule has 0 fully saturated rings. The first-order valence-electron chi connectivity index (χ1n) is 7.03. The first-order chi connectivity index (χ1) is 10.6. The molecule has 0 aliphatic rings. The molecule has 0 aromatic heterocycles. The van der Waals surface area contributed by atoms with E-state index in [0.717, 1.165) is 5.75 Å². The molecule has 130 valence electrons. The van der Waals surface area contributed by atoms with Gasteiger partial charge in [-0.15, -0.1) is 12.4 Å². The average Bonchev–Trinajstić information content (AvgIpc) is 2.56. The van der Waals surface area contributed by atoms with E-state index in [9.17, 15) is 9.59 Å². The van der Waals surface area contributed by atoms with Crippen LogP contribution in [0.25, 0.3) is 0 Å². The smallest absolute Gasteiger partial charge is 0.251 e. The van der Waals surface area contributed by atoms with Crippen LogP contribution in [0.15, 0.2) is 24.3 Å². The lowest BCUT2D eigenvalue weighted by molar-refractivity contribution is -0.122. The number of nitrogens with two attached hydrogens (primary N) is 1. The minimum Gasteiger partial charge on any atom is -0.497 e. The van der Waals surface area contributed by atoms with Crippen molar-refractivity contribution < 1.29 is 14.3 Å². The fraction of sp³-hybridized carbons (Fsp3) is 0.467. The molecule has 0 saturated carbocycles. The van der Waals surface area contributed by atoms with Crippen molar-refractivity contribution in [2.75, 3.05) is 32.2 Å². The summed E-state index contributed by atoms with van der Waals surface area (Å²) in [6.45, 7) is 0.708. The van der Waals surface area contributed by atoms with Crippen LogP contribution in [0.3, 0.4) is 0 Å². The van der Waals surface area contributed by atoms with E-state index in [1.165, 1.54) is 0 Å². The number of methoxy groups -OCH3 is 1. The van der Waals surface area contributed by atoms with E-state index < -0.39 is 6.04 Å². The summed E-state index contributed by atoms with van der Waals surface area (Å²) in [6.07, 6.45) is 2.62. The van der Waals surface area contributed by atoms with Gasteiger partial charge in [-0.2, -0.15) is 11.8 Å². The van der Waals surface area contributed by atoms with Crippen LogP contribution in [0.4, 0.5) is 0 Å². The van der Waals surface area contributed by atoms with Gasteiger partial charge >= 0.3 is 0 Å². The van der Waals surface area contributed by atoms with Crippen LogP contribution >= 0.6 is 24.2 Å². The van der Waals surface area contributed by atoms with Gasteiger partial charge in [0.05, 0.1) is 13.2 Å². The highest BCUT2D eigenvalue weighted by molar-refractivity contribution is 7.98. The van der Waals surface area contributed by atoms with Crippen molar-refractivity contribution in [2.45, 2.75) is 12.5 Å². The molecule has 8 heteroatoms. The lowest BCUT2D eigenvalue weighted by Gasteiger charge is -2.12. The van der Waals surface area contributed by atoms with Gasteiger partial charge in [0.15, 0.2) is 0 Å². The normalized spacial score (nSPS) is 11.1. The minimum absolute atomic E-state index is 0. The third-order valence-electron chi connectivity index (χ3n) is 3.03. The van der Waals surface area contributed by atoms with Crippen molar-refractivity contribution in [3.8, 4) is 5.75 Å². The van der Waals surface area contributed by atoms with Crippen molar-refractivity contribution in [1.29, 1.82) is 0 Å². The van der Waals surface area contributed by atoms with Crippen molar-refractivity contribution in [1.82, 2.24) is 10.6 Å². The molecule has 1 rings (SSSR count). The molecule has 1 aromatic rings. The third-order valence-corrected chi connectivity index (χ3v) is 3.68. The number of nitrogens with one attached hydrogen (secondary N) is 2. The Bertz CT molecular complexity index is 485. The SMILES string of the molecule is COc1ccc(C(=O)NCCNC(=O)[C@@H](N)CCSC)cc1.Cl. The van der Waals surface area contributed by atoms with E-state index in [0.29, 0.717) is 30.8 Å². The van der Waals surface area contributed by atoms with Crippen LogP contribution in [0.1, 0.15) is 16.8 Å². The summed E-state index contributed by atoms with van der Waals surface area (Å²) in [5.41, 5.74) is 6.28. The lowest BCUT2D eigenvalue weighted by atomic mass is 10.2. The number of benzene rings is 1. The number of hydrogen-bond acceptors (Lipinski definition) is 5. The molecule has 0 unspecified atom stereocenters. The molecule has 4 N–H and O–H groups in total. The molecular weight excluding hydrogens is 338 g/mol. The molecule has 0 saturated heterocycles. The Hall–Kier alpha value is -1.44. The van der Waals surface area contributed by atoms with Gasteiger partial charge in [-0.25, -0.2) is 0 Å². The summed E-state index contributed by atoms with van der Waals surface area (Å²) in [5.74, 6) is 1.17. The summed E-state index contributed by atoms with van der Waals surface area (Å²) in [4.78, 5) is 23.5. The lowest BCUT2D eigenvalue weighted by Crippen LogP contribution is -2.43. The fourth-order valence-electron chi connectivity index (χ4n) is 1.71. The van der Waals surface area contributed by atoms with E-state index >= 15 is 0 Å². The highest BCUT2D eigenvalue weighted by Gasteiger charge is 2.12. The average molecular weight is 362 g/mol. The van der Waals surface area contributed by atoms with E-state index in [2.05, 4.69) is 10.6 Å². The van der Waals surface area contributed by atoms with Gasteiger partial charge in [-0.05, 0) is 42.7 Å². The highest BCUT2D eigenvalue weighted by Crippen LogP contribution is 2.10. The molecule has 0 spiro atoms. The van der Waals surface area contributed by atoms with Crippen molar-refractivity contribution in [3.63, 3.8) is 0 Å². The zero-order valence-electron chi connectivity index (χ0n) is 13.3. The number of carbonyl (C=O) groups is 2. The second kappa shape index (κ2) is 12.0. The van der Waals surface area contributed by atoms with Gasteiger partial charge in [0, 0.05) is 18.7 Å². The van der Waals surface area contributed by atoms with E-state index in [1.54, 1.807) is 43.1 Å². The number of ether oxygens (including phenoxy) is 1. The van der Waals surface area contributed by atoms with Gasteiger partial charge in [-0.1, -0.05) is 0 Å². The van der Waals surface area contributed by atoms with Gasteiger partial charge in [0.25, 0.3) is 5.91 Å². The maximum absolute atomic E-state index is 11.9. The molecule has 1 atom stereocenters. The Morgan fingerprint density at radius 2 is 1.83 bits per heavy atom. The number of rotatable bonds is 9. The summed E-state index contributed by atoms with van der Waals surface area (Å²) in [7, 11) is 1.57. The third kappa shape index (κ3) is 8.11. The van der Waals surface area contributed by atoms with Crippen LogP contribution < -0.4 is 21.1 Å². The molecular formula is C15H24ClN3O3S. The summed E-state index contributed by atoms with van der Waals surface area (Å²) in [6, 6.07) is 6.32. The zero-order valence-corrected chi connectivity index (χ0v) is 15.0. The minimum atomic E-state index is -0.496. The topological polar surface area (TPSA) is 93.5 Å². The van der Waals surface area contributed by atoms with Gasteiger partial charge in [0.2, 0.25) is 5.91 Å². The second-order valence-corrected chi connectivity index (χ2v) is 5.65. The quantitative estimate of drug-likeness (QED) is 0.571. The first kappa shape index (κ1) is 21.6. The molecule has 6 nitrogen and oxygen atoms in total. The van der Waals surface area contributed by atoms with Crippen LogP contribution in [0.2, 0.25) is 0 Å². The molecule has 0 heterocycles. The fourth-order valence-corrected chi connectivity index (χ4v) is 2.20. The van der Waals surface area contributed by atoms with E-state index in [1.807, 2.05) is 6.26 Å². The zero-order chi connectivity index (χ0) is 16.4. The predicted molar refractivity (Wildman–Crippen MR) is 96.6 cm³/mol. The molecule has 23 heavy (non-hydrogen) atoms. The van der Waals surface area contributed by atoms with Crippen LogP contribution in [0.5, 0.6) is 5.75 Å². The van der Waals surface area contributed by atoms with Crippen molar-refractivity contribution in [2.24, 2.45) is 5.73 Å². The Balaban J connectivity index is 0.00000484. The molecule has 0 aliphatic carbocycles. The Morgan fingerprint density at radius 3 is 2.39 bits per heavy atom. The Morgan fingerprint density at radius 1 is 1.22 bits per heavy atom. The molecule has 0 radical (unpaired) electrons. The van der Waals surface area contributed by atoms with Crippen molar-refractivity contribution >= 4 is 36.0 Å². The van der Waals surface area contributed by atoms with E-state index in [-0.39, 0.29) is 24.2 Å². The summed E-state index contributed by atoms with van der Waals surface area (Å²) in [5, 5.41) is 5.44. The van der Waals surface area contributed by atoms with Gasteiger partial charge in [-0.3, -0.25) is 9.59 Å². The van der Waals surface area contributed by atoms with E-state index in [4.69, 9.17) is 10.5 Å². The number of halogens is 1. The second-order valence-electron chi connectivity index (χ2n) is 4.66. The highest BCUT2D eigenvalue weighted by atomic mass is 35.5. The van der Waals surface area contributed by atoms with Gasteiger partial charge < -0.3 is 21.1 Å². The predicted octanol–water partition coefficient (Wildman–Crippen LogP) is 1.04.